The van der Waals surface area contributed by atoms with Crippen LogP contribution in [0.1, 0.15) is 32.6 Å². The third-order valence-electron chi connectivity index (χ3n) is 3.34. The molecule has 1 heterocycles. The van der Waals surface area contributed by atoms with Crippen LogP contribution in [0.25, 0.3) is 0 Å². The van der Waals surface area contributed by atoms with Gasteiger partial charge in [-0.15, -0.1) is 0 Å². The molecular weight excluding hydrogens is 280 g/mol. The minimum atomic E-state index is -0.116. The number of carbonyl (C=O) groups is 2. The first-order valence-electron chi connectivity index (χ1n) is 6.60. The number of amides is 2. The number of nitrogens with zero attached hydrogens (tertiary/aromatic N) is 2. The molecule has 1 aliphatic rings. The molecule has 108 valence electrons. The van der Waals surface area contributed by atoms with Crippen molar-refractivity contribution in [1.29, 1.82) is 0 Å². The third kappa shape index (κ3) is 4.16. The van der Waals surface area contributed by atoms with Crippen molar-refractivity contribution in [1.82, 2.24) is 15.3 Å². The van der Waals surface area contributed by atoms with Crippen molar-refractivity contribution in [2.24, 2.45) is 5.92 Å². The Morgan fingerprint density at radius 2 is 2.15 bits per heavy atom. The highest BCUT2D eigenvalue weighted by atomic mass is 35.5. The number of hydrogen-bond donors (Lipinski definition) is 2. The fourth-order valence-electron chi connectivity index (χ4n) is 2.48. The molecule has 0 spiro atoms. The van der Waals surface area contributed by atoms with Crippen LogP contribution < -0.4 is 10.6 Å². The first-order chi connectivity index (χ1) is 9.54. The molecule has 1 aromatic rings. The first kappa shape index (κ1) is 14.7. The molecule has 2 N–H and O–H groups in total. The lowest BCUT2D eigenvalue weighted by Gasteiger charge is -2.28. The molecule has 1 saturated carbocycles. The second-order valence-electron chi connectivity index (χ2n) is 4.98. The number of nitrogens with one attached hydrogen (secondary N) is 2. The molecule has 0 unspecified atom stereocenters. The van der Waals surface area contributed by atoms with Gasteiger partial charge in [-0.3, -0.25) is 9.59 Å². The number of halogens is 1. The van der Waals surface area contributed by atoms with Gasteiger partial charge in [-0.2, -0.15) is 0 Å². The van der Waals surface area contributed by atoms with Crippen molar-refractivity contribution in [2.45, 2.75) is 38.6 Å². The van der Waals surface area contributed by atoms with Gasteiger partial charge in [-0.05, 0) is 19.3 Å². The summed E-state index contributed by atoms with van der Waals surface area (Å²) >= 11 is 5.74. The van der Waals surface area contributed by atoms with Crippen molar-refractivity contribution < 1.29 is 9.59 Å². The molecule has 1 aromatic heterocycles. The molecule has 0 aliphatic heterocycles. The van der Waals surface area contributed by atoms with Gasteiger partial charge in [0, 0.05) is 24.9 Å². The van der Waals surface area contributed by atoms with Crippen molar-refractivity contribution in [3.63, 3.8) is 0 Å². The smallest absolute Gasteiger partial charge is 0.228 e. The number of carbonyl (C=O) groups excluding carboxylic acids is 2. The van der Waals surface area contributed by atoms with Crippen LogP contribution >= 0.6 is 11.6 Å². The summed E-state index contributed by atoms with van der Waals surface area (Å²) in [6.07, 6.45) is 4.63. The molecule has 20 heavy (non-hydrogen) atoms. The van der Waals surface area contributed by atoms with E-state index in [4.69, 9.17) is 11.6 Å². The molecular formula is C13H17ClN4O2. The van der Waals surface area contributed by atoms with E-state index in [2.05, 4.69) is 20.6 Å². The molecule has 1 aliphatic carbocycles. The van der Waals surface area contributed by atoms with Gasteiger partial charge in [0.2, 0.25) is 11.8 Å². The molecule has 0 aromatic carbocycles. The van der Waals surface area contributed by atoms with E-state index >= 15 is 0 Å². The molecule has 0 bridgehead atoms. The highest BCUT2D eigenvalue weighted by molar-refractivity contribution is 6.29. The Kier molecular flexibility index (Phi) is 4.89. The zero-order valence-electron chi connectivity index (χ0n) is 11.2. The van der Waals surface area contributed by atoms with E-state index in [-0.39, 0.29) is 28.9 Å². The van der Waals surface area contributed by atoms with E-state index in [0.717, 1.165) is 19.3 Å². The fourth-order valence-corrected chi connectivity index (χ4v) is 2.62. The second-order valence-corrected chi connectivity index (χ2v) is 5.36. The van der Waals surface area contributed by atoms with Gasteiger partial charge in [0.15, 0.2) is 0 Å². The van der Waals surface area contributed by atoms with Gasteiger partial charge < -0.3 is 10.6 Å². The van der Waals surface area contributed by atoms with Crippen LogP contribution in [0, 0.1) is 5.92 Å². The maximum absolute atomic E-state index is 12.2. The Bertz CT molecular complexity index is 509. The van der Waals surface area contributed by atoms with Crippen LogP contribution in [-0.2, 0) is 9.59 Å². The summed E-state index contributed by atoms with van der Waals surface area (Å²) in [7, 11) is 0. The van der Waals surface area contributed by atoms with E-state index in [1.54, 1.807) is 0 Å². The molecule has 0 radical (unpaired) electrons. The summed E-state index contributed by atoms with van der Waals surface area (Å²) in [6, 6.07) is 1.58. The second kappa shape index (κ2) is 6.65. The minimum absolute atomic E-state index is 0.0568. The molecule has 2 amide bonds. The van der Waals surface area contributed by atoms with E-state index in [1.807, 2.05) is 0 Å². The fraction of sp³-hybridized carbons (Fsp3) is 0.538. The molecule has 6 nitrogen and oxygen atoms in total. The maximum Gasteiger partial charge on any atom is 0.228 e. The largest absolute Gasteiger partial charge is 0.354 e. The van der Waals surface area contributed by atoms with Gasteiger partial charge in [0.25, 0.3) is 0 Å². The van der Waals surface area contributed by atoms with Crippen LogP contribution in [0.4, 0.5) is 5.82 Å². The summed E-state index contributed by atoms with van der Waals surface area (Å²) in [6.45, 7) is 1.49. The quantitative estimate of drug-likeness (QED) is 0.833. The van der Waals surface area contributed by atoms with Crippen molar-refractivity contribution in [3.05, 3.63) is 17.5 Å². The Morgan fingerprint density at radius 3 is 2.85 bits per heavy atom. The van der Waals surface area contributed by atoms with Crippen LogP contribution in [0.5, 0.6) is 0 Å². The number of hydrogen-bond acceptors (Lipinski definition) is 4. The predicted molar refractivity (Wildman–Crippen MR) is 75.2 cm³/mol. The predicted octanol–water partition coefficient (Wildman–Crippen LogP) is 1.76. The Morgan fingerprint density at radius 1 is 1.35 bits per heavy atom. The van der Waals surface area contributed by atoms with Crippen molar-refractivity contribution >= 4 is 29.2 Å². The molecule has 1 fully saturated rings. The molecule has 2 rings (SSSR count). The van der Waals surface area contributed by atoms with Gasteiger partial charge >= 0.3 is 0 Å². The van der Waals surface area contributed by atoms with Gasteiger partial charge in [-0.25, -0.2) is 9.97 Å². The highest BCUT2D eigenvalue weighted by Gasteiger charge is 2.27. The summed E-state index contributed by atoms with van der Waals surface area (Å²) in [5.74, 6) is 0.138. The van der Waals surface area contributed by atoms with E-state index in [0.29, 0.717) is 12.2 Å². The number of aromatic nitrogens is 2. The SMILES string of the molecule is CC(=O)N[C@H]1CCC[C@@H](C(=O)Nc2cc(Cl)ncn2)C1. The Hall–Kier alpha value is -1.69. The highest BCUT2D eigenvalue weighted by Crippen LogP contribution is 2.25. The normalized spacial score (nSPS) is 22.1. The zero-order chi connectivity index (χ0) is 14.5. The van der Waals surface area contributed by atoms with Crippen LogP contribution in [0.3, 0.4) is 0 Å². The van der Waals surface area contributed by atoms with Gasteiger partial charge in [-0.1, -0.05) is 18.0 Å². The average molecular weight is 297 g/mol. The van der Waals surface area contributed by atoms with E-state index < -0.39 is 0 Å². The van der Waals surface area contributed by atoms with Crippen molar-refractivity contribution in [3.8, 4) is 0 Å². The van der Waals surface area contributed by atoms with Crippen LogP contribution in [-0.4, -0.2) is 27.8 Å². The maximum atomic E-state index is 12.2. The molecule has 0 saturated heterocycles. The molecule has 7 heteroatoms. The van der Waals surface area contributed by atoms with Gasteiger partial charge in [0.05, 0.1) is 0 Å². The topological polar surface area (TPSA) is 84.0 Å². The van der Waals surface area contributed by atoms with Crippen LogP contribution in [0.2, 0.25) is 5.15 Å². The van der Waals surface area contributed by atoms with Crippen LogP contribution in [0.15, 0.2) is 12.4 Å². The summed E-state index contributed by atoms with van der Waals surface area (Å²) in [5, 5.41) is 5.90. The van der Waals surface area contributed by atoms with E-state index in [1.165, 1.54) is 19.3 Å². The summed E-state index contributed by atoms with van der Waals surface area (Å²) in [4.78, 5) is 31.0. The lowest BCUT2D eigenvalue weighted by Crippen LogP contribution is -2.40. The van der Waals surface area contributed by atoms with Gasteiger partial charge in [0.1, 0.15) is 17.3 Å². The van der Waals surface area contributed by atoms with E-state index in [9.17, 15) is 9.59 Å². The minimum Gasteiger partial charge on any atom is -0.354 e. The number of rotatable bonds is 3. The molecule has 2 atom stereocenters. The first-order valence-corrected chi connectivity index (χ1v) is 6.98. The summed E-state index contributed by atoms with van der Waals surface area (Å²) in [5.41, 5.74) is 0. The third-order valence-corrected chi connectivity index (χ3v) is 3.54. The zero-order valence-corrected chi connectivity index (χ0v) is 12.0. The van der Waals surface area contributed by atoms with Crippen molar-refractivity contribution in [2.75, 3.05) is 5.32 Å². The Balaban J connectivity index is 1.93. The monoisotopic (exact) mass is 296 g/mol. The Labute approximate surface area is 122 Å². The summed E-state index contributed by atoms with van der Waals surface area (Å²) < 4.78 is 0. The lowest BCUT2D eigenvalue weighted by molar-refractivity contribution is -0.123. The lowest BCUT2D eigenvalue weighted by atomic mass is 9.85. The number of anilines is 1. The average Bonchev–Trinajstić information content (AvgIpc) is 2.38. The standard InChI is InChI=1S/C13H17ClN4O2/c1-8(19)17-10-4-2-3-9(5-10)13(20)18-12-6-11(14)15-7-16-12/h6-7,9-10H,2-5H2,1H3,(H,17,19)(H,15,16,18,20)/t9-,10+/m1/s1.